The van der Waals surface area contributed by atoms with Gasteiger partial charge in [-0.3, -0.25) is 4.79 Å². The molecule has 0 spiro atoms. The predicted octanol–water partition coefficient (Wildman–Crippen LogP) is 2.58. The van der Waals surface area contributed by atoms with Crippen LogP contribution in [0.15, 0.2) is 41.3 Å². The molecule has 2 aromatic heterocycles. The van der Waals surface area contributed by atoms with Crippen molar-refractivity contribution in [1.82, 2.24) is 15.3 Å². The zero-order valence-electron chi connectivity index (χ0n) is 12.4. The Morgan fingerprint density at radius 2 is 2.36 bits per heavy atom. The number of methoxy groups -OCH3 is 1. The van der Waals surface area contributed by atoms with E-state index in [9.17, 15) is 4.79 Å². The highest BCUT2D eigenvalue weighted by molar-refractivity contribution is 5.88. The van der Waals surface area contributed by atoms with Crippen molar-refractivity contribution in [2.45, 2.75) is 19.4 Å². The van der Waals surface area contributed by atoms with Gasteiger partial charge in [-0.1, -0.05) is 0 Å². The maximum Gasteiger partial charge on any atom is 0.225 e. The molecule has 1 aromatic carbocycles. The molecule has 1 amide bonds. The van der Waals surface area contributed by atoms with E-state index in [1.807, 2.05) is 25.1 Å². The standard InChI is InChI=1S/C16H17N3O3/c1-10(16-17-5-6-18-16)19-15(20)7-11-9-22-14-8-12(21-2)3-4-13(11)14/h3-6,8-10H,7H2,1-2H3,(H,17,18)(H,19,20)/t10-/m1/s1. The Labute approximate surface area is 127 Å². The zero-order chi connectivity index (χ0) is 15.5. The van der Waals surface area contributed by atoms with Crippen LogP contribution in [0.3, 0.4) is 0 Å². The molecule has 0 bridgehead atoms. The van der Waals surface area contributed by atoms with E-state index in [-0.39, 0.29) is 18.4 Å². The van der Waals surface area contributed by atoms with Crippen LogP contribution in [0, 0.1) is 0 Å². The van der Waals surface area contributed by atoms with Crippen molar-refractivity contribution in [1.29, 1.82) is 0 Å². The number of hydrogen-bond acceptors (Lipinski definition) is 4. The van der Waals surface area contributed by atoms with Gasteiger partial charge in [0.2, 0.25) is 5.91 Å². The summed E-state index contributed by atoms with van der Waals surface area (Å²) in [5.41, 5.74) is 1.56. The lowest BCUT2D eigenvalue weighted by molar-refractivity contribution is -0.121. The van der Waals surface area contributed by atoms with Crippen molar-refractivity contribution in [2.75, 3.05) is 7.11 Å². The number of nitrogens with one attached hydrogen (secondary N) is 2. The molecule has 6 nitrogen and oxygen atoms in total. The highest BCUT2D eigenvalue weighted by Gasteiger charge is 2.14. The predicted molar refractivity (Wildman–Crippen MR) is 81.6 cm³/mol. The van der Waals surface area contributed by atoms with Gasteiger partial charge in [0, 0.05) is 29.4 Å². The molecule has 22 heavy (non-hydrogen) atoms. The second-order valence-electron chi connectivity index (χ2n) is 5.06. The smallest absolute Gasteiger partial charge is 0.225 e. The average molecular weight is 299 g/mol. The normalized spacial score (nSPS) is 12.3. The molecule has 0 saturated carbocycles. The Bertz CT molecular complexity index is 777. The number of hydrogen-bond donors (Lipinski definition) is 2. The minimum Gasteiger partial charge on any atom is -0.497 e. The zero-order valence-corrected chi connectivity index (χ0v) is 12.4. The summed E-state index contributed by atoms with van der Waals surface area (Å²) in [4.78, 5) is 19.3. The summed E-state index contributed by atoms with van der Waals surface area (Å²) in [6.07, 6.45) is 5.26. The Balaban J connectivity index is 1.71. The maximum atomic E-state index is 12.2. The third kappa shape index (κ3) is 2.81. The minimum atomic E-state index is -0.166. The molecule has 0 saturated heterocycles. The van der Waals surface area contributed by atoms with Gasteiger partial charge >= 0.3 is 0 Å². The van der Waals surface area contributed by atoms with Crippen LogP contribution in [-0.2, 0) is 11.2 Å². The number of aromatic amines is 1. The first-order valence-corrected chi connectivity index (χ1v) is 7.00. The number of carbonyl (C=O) groups excluding carboxylic acids is 1. The van der Waals surface area contributed by atoms with E-state index < -0.39 is 0 Å². The van der Waals surface area contributed by atoms with Crippen LogP contribution in [0.1, 0.15) is 24.4 Å². The number of benzene rings is 1. The van der Waals surface area contributed by atoms with Crippen molar-refractivity contribution in [3.05, 3.63) is 48.2 Å². The molecule has 0 aliphatic heterocycles. The summed E-state index contributed by atoms with van der Waals surface area (Å²) in [5, 5.41) is 3.83. The number of imidazole rings is 1. The molecule has 0 unspecified atom stereocenters. The van der Waals surface area contributed by atoms with Crippen LogP contribution in [0.5, 0.6) is 5.75 Å². The van der Waals surface area contributed by atoms with Crippen LogP contribution < -0.4 is 10.1 Å². The first-order valence-electron chi connectivity index (χ1n) is 7.00. The third-order valence-electron chi connectivity index (χ3n) is 3.52. The molecule has 3 aromatic rings. The van der Waals surface area contributed by atoms with Crippen LogP contribution in [0.2, 0.25) is 0 Å². The average Bonchev–Trinajstić information content (AvgIpc) is 3.16. The van der Waals surface area contributed by atoms with E-state index in [0.717, 1.165) is 22.5 Å². The van der Waals surface area contributed by atoms with Crippen molar-refractivity contribution in [3.63, 3.8) is 0 Å². The van der Waals surface area contributed by atoms with Gasteiger partial charge in [0.15, 0.2) is 0 Å². The number of fused-ring (bicyclic) bond motifs is 1. The molecule has 0 aliphatic rings. The van der Waals surface area contributed by atoms with E-state index in [2.05, 4.69) is 15.3 Å². The fourth-order valence-electron chi connectivity index (χ4n) is 2.38. The second-order valence-corrected chi connectivity index (χ2v) is 5.06. The van der Waals surface area contributed by atoms with E-state index >= 15 is 0 Å². The molecule has 2 heterocycles. The van der Waals surface area contributed by atoms with Gasteiger partial charge in [-0.05, 0) is 19.1 Å². The molecule has 114 valence electrons. The van der Waals surface area contributed by atoms with Crippen molar-refractivity contribution >= 4 is 16.9 Å². The number of rotatable bonds is 5. The van der Waals surface area contributed by atoms with E-state index in [1.165, 1.54) is 0 Å². The summed E-state index contributed by atoms with van der Waals surface area (Å²) < 4.78 is 10.6. The topological polar surface area (TPSA) is 80.1 Å². The van der Waals surface area contributed by atoms with Crippen molar-refractivity contribution in [3.8, 4) is 5.75 Å². The largest absolute Gasteiger partial charge is 0.497 e. The number of furan rings is 1. The molecule has 0 aliphatic carbocycles. The molecule has 1 atom stereocenters. The van der Waals surface area contributed by atoms with Crippen LogP contribution in [-0.4, -0.2) is 23.0 Å². The summed E-state index contributed by atoms with van der Waals surface area (Å²) >= 11 is 0. The van der Waals surface area contributed by atoms with Gasteiger partial charge in [0.25, 0.3) is 0 Å². The van der Waals surface area contributed by atoms with Gasteiger partial charge in [0.05, 0.1) is 25.8 Å². The summed E-state index contributed by atoms with van der Waals surface area (Å²) in [6, 6.07) is 5.39. The van der Waals surface area contributed by atoms with Gasteiger partial charge in [-0.15, -0.1) is 0 Å². The molecular formula is C16H17N3O3. The lowest BCUT2D eigenvalue weighted by atomic mass is 10.1. The van der Waals surface area contributed by atoms with Crippen LogP contribution in [0.4, 0.5) is 0 Å². The Morgan fingerprint density at radius 3 is 3.09 bits per heavy atom. The van der Waals surface area contributed by atoms with E-state index in [1.54, 1.807) is 25.8 Å². The summed E-state index contributed by atoms with van der Waals surface area (Å²) in [5.74, 6) is 1.38. The molecule has 6 heteroatoms. The highest BCUT2D eigenvalue weighted by Crippen LogP contribution is 2.26. The Kier molecular flexibility index (Phi) is 3.82. The summed E-state index contributed by atoms with van der Waals surface area (Å²) in [7, 11) is 1.61. The Hall–Kier alpha value is -2.76. The first kappa shape index (κ1) is 14.2. The first-order chi connectivity index (χ1) is 10.7. The molecular weight excluding hydrogens is 282 g/mol. The van der Waals surface area contributed by atoms with Crippen LogP contribution >= 0.6 is 0 Å². The monoisotopic (exact) mass is 299 g/mol. The number of H-pyrrole nitrogens is 1. The highest BCUT2D eigenvalue weighted by atomic mass is 16.5. The second kappa shape index (κ2) is 5.93. The Morgan fingerprint density at radius 1 is 1.50 bits per heavy atom. The number of ether oxygens (including phenoxy) is 1. The fourth-order valence-corrected chi connectivity index (χ4v) is 2.38. The lowest BCUT2D eigenvalue weighted by Crippen LogP contribution is -2.28. The lowest BCUT2D eigenvalue weighted by Gasteiger charge is -2.10. The number of carbonyl (C=O) groups is 1. The van der Waals surface area contributed by atoms with E-state index in [4.69, 9.17) is 9.15 Å². The number of nitrogens with zero attached hydrogens (tertiary/aromatic N) is 1. The van der Waals surface area contributed by atoms with Gasteiger partial charge in [0.1, 0.15) is 17.2 Å². The third-order valence-corrected chi connectivity index (χ3v) is 3.52. The van der Waals surface area contributed by atoms with Crippen molar-refractivity contribution in [2.24, 2.45) is 0 Å². The summed E-state index contributed by atoms with van der Waals surface area (Å²) in [6.45, 7) is 1.88. The molecule has 0 radical (unpaired) electrons. The SMILES string of the molecule is COc1ccc2c(CC(=O)N[C@H](C)c3ncc[nH]3)coc2c1. The minimum absolute atomic E-state index is 0.0811. The molecule has 3 rings (SSSR count). The van der Waals surface area contributed by atoms with Gasteiger partial charge in [-0.25, -0.2) is 4.98 Å². The van der Waals surface area contributed by atoms with Crippen molar-refractivity contribution < 1.29 is 13.9 Å². The van der Waals surface area contributed by atoms with Gasteiger partial charge < -0.3 is 19.5 Å². The van der Waals surface area contributed by atoms with Gasteiger partial charge in [-0.2, -0.15) is 0 Å². The number of amides is 1. The molecule has 0 fully saturated rings. The van der Waals surface area contributed by atoms with Crippen LogP contribution in [0.25, 0.3) is 11.0 Å². The number of aromatic nitrogens is 2. The molecule has 2 N–H and O–H groups in total. The fraction of sp³-hybridized carbons (Fsp3) is 0.250. The quantitative estimate of drug-likeness (QED) is 0.759. The maximum absolute atomic E-state index is 12.2. The van der Waals surface area contributed by atoms with E-state index in [0.29, 0.717) is 5.58 Å².